The number of pyridine rings is 1. The second kappa shape index (κ2) is 6.17. The van der Waals surface area contributed by atoms with Crippen LogP contribution in [-0.2, 0) is 16.3 Å². The van der Waals surface area contributed by atoms with Crippen LogP contribution in [0.3, 0.4) is 0 Å². The summed E-state index contributed by atoms with van der Waals surface area (Å²) >= 11 is 0. The van der Waals surface area contributed by atoms with Crippen LogP contribution in [0.15, 0.2) is 41.4 Å². The molecule has 7 heteroatoms. The van der Waals surface area contributed by atoms with Gasteiger partial charge in [0.25, 0.3) is 0 Å². The standard InChI is InChI=1S/C14H14F2N2O2S/c1-21(19,20)13-3-2-7-17-14(13)18-8-6-10-9-11(15)4-5-12(10)16/h2-5,7,9H,6,8H2,1H3,(H,17,18). The Labute approximate surface area is 121 Å². The van der Waals surface area contributed by atoms with Gasteiger partial charge >= 0.3 is 0 Å². The van der Waals surface area contributed by atoms with E-state index in [2.05, 4.69) is 10.3 Å². The first-order valence-corrected chi connectivity index (χ1v) is 8.10. The summed E-state index contributed by atoms with van der Waals surface area (Å²) in [5, 5.41) is 2.84. The fourth-order valence-corrected chi connectivity index (χ4v) is 2.67. The fraction of sp³-hybridized carbons (Fsp3) is 0.214. The molecule has 0 spiro atoms. The van der Waals surface area contributed by atoms with E-state index >= 15 is 0 Å². The quantitative estimate of drug-likeness (QED) is 0.921. The van der Waals surface area contributed by atoms with Crippen molar-refractivity contribution in [2.24, 2.45) is 0 Å². The number of benzene rings is 1. The van der Waals surface area contributed by atoms with Crippen LogP contribution < -0.4 is 5.32 Å². The van der Waals surface area contributed by atoms with Crippen molar-refractivity contribution in [1.29, 1.82) is 0 Å². The topological polar surface area (TPSA) is 59.1 Å². The van der Waals surface area contributed by atoms with Crippen LogP contribution in [0.2, 0.25) is 0 Å². The molecular formula is C14H14F2N2O2S. The molecule has 0 radical (unpaired) electrons. The summed E-state index contributed by atoms with van der Waals surface area (Å²) in [6.45, 7) is 0.236. The molecule has 1 aromatic carbocycles. The average molecular weight is 312 g/mol. The van der Waals surface area contributed by atoms with Gasteiger partial charge in [0.15, 0.2) is 9.84 Å². The molecule has 0 aliphatic heterocycles. The number of rotatable bonds is 5. The van der Waals surface area contributed by atoms with E-state index in [0.717, 1.165) is 24.5 Å². The summed E-state index contributed by atoms with van der Waals surface area (Å²) in [7, 11) is -3.40. The van der Waals surface area contributed by atoms with E-state index in [0.29, 0.717) is 0 Å². The van der Waals surface area contributed by atoms with Crippen molar-refractivity contribution in [3.8, 4) is 0 Å². The minimum atomic E-state index is -3.40. The van der Waals surface area contributed by atoms with E-state index in [4.69, 9.17) is 0 Å². The SMILES string of the molecule is CS(=O)(=O)c1cccnc1NCCc1cc(F)ccc1F. The zero-order valence-corrected chi connectivity index (χ0v) is 12.1. The molecule has 0 unspecified atom stereocenters. The van der Waals surface area contributed by atoms with Crippen molar-refractivity contribution in [3.63, 3.8) is 0 Å². The van der Waals surface area contributed by atoms with E-state index in [1.54, 1.807) is 0 Å². The molecule has 2 rings (SSSR count). The van der Waals surface area contributed by atoms with Gasteiger partial charge in [0.05, 0.1) is 0 Å². The van der Waals surface area contributed by atoms with E-state index in [-0.39, 0.29) is 29.2 Å². The first-order valence-electron chi connectivity index (χ1n) is 6.21. The lowest BCUT2D eigenvalue weighted by Gasteiger charge is -2.10. The van der Waals surface area contributed by atoms with Crippen molar-refractivity contribution >= 4 is 15.7 Å². The van der Waals surface area contributed by atoms with Crippen LogP contribution in [0.1, 0.15) is 5.56 Å². The van der Waals surface area contributed by atoms with Crippen LogP contribution in [-0.4, -0.2) is 26.2 Å². The number of hydrogen-bond acceptors (Lipinski definition) is 4. The monoisotopic (exact) mass is 312 g/mol. The summed E-state index contributed by atoms with van der Waals surface area (Å²) < 4.78 is 49.7. The molecule has 0 aliphatic carbocycles. The third-order valence-electron chi connectivity index (χ3n) is 2.86. The molecule has 4 nitrogen and oxygen atoms in total. The minimum absolute atomic E-state index is 0.0738. The van der Waals surface area contributed by atoms with Gasteiger partial charge in [-0.3, -0.25) is 0 Å². The maximum absolute atomic E-state index is 13.5. The van der Waals surface area contributed by atoms with Gasteiger partial charge < -0.3 is 5.32 Å². The van der Waals surface area contributed by atoms with Crippen LogP contribution in [0.25, 0.3) is 0 Å². The van der Waals surface area contributed by atoms with E-state index in [9.17, 15) is 17.2 Å². The van der Waals surface area contributed by atoms with Crippen molar-refractivity contribution < 1.29 is 17.2 Å². The van der Waals surface area contributed by atoms with E-state index in [1.807, 2.05) is 0 Å². The normalized spacial score (nSPS) is 11.4. The summed E-state index contributed by atoms with van der Waals surface area (Å²) in [5.41, 5.74) is 0.222. The highest BCUT2D eigenvalue weighted by Gasteiger charge is 2.13. The fourth-order valence-electron chi connectivity index (χ4n) is 1.87. The number of aromatic nitrogens is 1. The first kappa shape index (κ1) is 15.4. The van der Waals surface area contributed by atoms with Gasteiger partial charge in [0.1, 0.15) is 22.3 Å². The predicted octanol–water partition coefficient (Wildman–Crippen LogP) is 2.42. The van der Waals surface area contributed by atoms with Crippen molar-refractivity contribution in [2.75, 3.05) is 18.1 Å². The van der Waals surface area contributed by atoms with Crippen molar-refractivity contribution in [2.45, 2.75) is 11.3 Å². The zero-order valence-electron chi connectivity index (χ0n) is 11.3. The van der Waals surface area contributed by atoms with Crippen LogP contribution in [0, 0.1) is 11.6 Å². The number of anilines is 1. The van der Waals surface area contributed by atoms with Crippen LogP contribution in [0.4, 0.5) is 14.6 Å². The third-order valence-corrected chi connectivity index (χ3v) is 3.99. The highest BCUT2D eigenvalue weighted by atomic mass is 32.2. The number of hydrogen-bond donors (Lipinski definition) is 1. The van der Waals surface area contributed by atoms with Gasteiger partial charge in [0, 0.05) is 19.0 Å². The van der Waals surface area contributed by atoms with Crippen molar-refractivity contribution in [3.05, 3.63) is 53.7 Å². The number of sulfone groups is 1. The van der Waals surface area contributed by atoms with Gasteiger partial charge in [-0.2, -0.15) is 0 Å². The lowest BCUT2D eigenvalue weighted by molar-refractivity contribution is 0.585. The highest BCUT2D eigenvalue weighted by Crippen LogP contribution is 2.18. The molecule has 0 bridgehead atoms. The first-order chi connectivity index (χ1) is 9.88. The Kier molecular flexibility index (Phi) is 4.52. The molecule has 0 atom stereocenters. The van der Waals surface area contributed by atoms with Gasteiger partial charge in [0.2, 0.25) is 0 Å². The molecule has 21 heavy (non-hydrogen) atoms. The Balaban J connectivity index is 2.09. The van der Waals surface area contributed by atoms with E-state index in [1.165, 1.54) is 18.3 Å². The lowest BCUT2D eigenvalue weighted by Crippen LogP contribution is -2.11. The van der Waals surface area contributed by atoms with Gasteiger partial charge in [-0.05, 0) is 42.3 Å². The molecule has 1 N–H and O–H groups in total. The summed E-state index contributed by atoms with van der Waals surface area (Å²) in [4.78, 5) is 4.03. The Morgan fingerprint density at radius 3 is 2.71 bits per heavy atom. The molecule has 2 aromatic rings. The molecule has 1 aromatic heterocycles. The summed E-state index contributed by atoms with van der Waals surface area (Å²) in [6.07, 6.45) is 2.75. The molecule has 0 saturated heterocycles. The predicted molar refractivity (Wildman–Crippen MR) is 75.9 cm³/mol. The molecule has 112 valence electrons. The van der Waals surface area contributed by atoms with Gasteiger partial charge in [-0.1, -0.05) is 0 Å². The average Bonchev–Trinajstić information content (AvgIpc) is 2.42. The maximum atomic E-state index is 13.5. The lowest BCUT2D eigenvalue weighted by atomic mass is 10.1. The zero-order chi connectivity index (χ0) is 15.5. The van der Waals surface area contributed by atoms with Gasteiger partial charge in [-0.25, -0.2) is 22.2 Å². The maximum Gasteiger partial charge on any atom is 0.179 e. The Morgan fingerprint density at radius 1 is 1.24 bits per heavy atom. The molecular weight excluding hydrogens is 298 g/mol. The largest absolute Gasteiger partial charge is 0.369 e. The number of nitrogens with one attached hydrogen (secondary N) is 1. The molecule has 0 saturated carbocycles. The number of nitrogens with zero attached hydrogens (tertiary/aromatic N) is 1. The Hall–Kier alpha value is -2.02. The summed E-state index contributed by atoms with van der Waals surface area (Å²) in [5.74, 6) is -0.805. The summed E-state index contributed by atoms with van der Waals surface area (Å²) in [6, 6.07) is 6.19. The smallest absolute Gasteiger partial charge is 0.179 e. The van der Waals surface area contributed by atoms with Crippen LogP contribution in [0.5, 0.6) is 0 Å². The third kappa shape index (κ3) is 3.98. The molecule has 0 fully saturated rings. The number of halogens is 2. The van der Waals surface area contributed by atoms with E-state index < -0.39 is 21.5 Å². The van der Waals surface area contributed by atoms with Crippen LogP contribution >= 0.6 is 0 Å². The second-order valence-corrected chi connectivity index (χ2v) is 6.52. The molecule has 0 amide bonds. The second-order valence-electron chi connectivity index (χ2n) is 4.53. The minimum Gasteiger partial charge on any atom is -0.369 e. The molecule has 0 aliphatic rings. The Morgan fingerprint density at radius 2 is 2.00 bits per heavy atom. The molecule has 1 heterocycles. The van der Waals surface area contributed by atoms with Gasteiger partial charge in [-0.15, -0.1) is 0 Å². The van der Waals surface area contributed by atoms with Crippen molar-refractivity contribution in [1.82, 2.24) is 4.98 Å². The Bertz CT molecular complexity index is 748. The highest BCUT2D eigenvalue weighted by molar-refractivity contribution is 7.90.